The van der Waals surface area contributed by atoms with Crippen molar-refractivity contribution in [1.29, 1.82) is 0 Å². The Morgan fingerprint density at radius 1 is 1.06 bits per heavy atom. The standard InChI is InChI=1S/C23H20N4O4S/c28-21(25-13-15-3-8-19-20(12-15)31-14-30-19)16-4-6-17(7-5-16)26-23(29)27-10-11-32-22-18(27)2-1-9-24-22/h1-9,12H,10-11,13-14H2,(H,25,28)(H,26,29). The lowest BCUT2D eigenvalue weighted by Gasteiger charge is -2.28. The molecule has 0 spiro atoms. The molecule has 5 rings (SSSR count). The minimum absolute atomic E-state index is 0.200. The molecule has 0 saturated heterocycles. The highest BCUT2D eigenvalue weighted by molar-refractivity contribution is 7.99. The monoisotopic (exact) mass is 448 g/mol. The van der Waals surface area contributed by atoms with Crippen molar-refractivity contribution in [3.8, 4) is 11.5 Å². The predicted molar refractivity (Wildman–Crippen MR) is 122 cm³/mol. The van der Waals surface area contributed by atoms with Gasteiger partial charge in [0.25, 0.3) is 5.91 Å². The lowest BCUT2D eigenvalue weighted by atomic mass is 10.1. The molecule has 9 heteroatoms. The van der Waals surface area contributed by atoms with Crippen LogP contribution in [0.15, 0.2) is 65.8 Å². The summed E-state index contributed by atoms with van der Waals surface area (Å²) in [5.41, 5.74) is 2.85. The number of hydrogen-bond acceptors (Lipinski definition) is 6. The fourth-order valence-corrected chi connectivity index (χ4v) is 4.42. The highest BCUT2D eigenvalue weighted by Crippen LogP contribution is 2.33. The molecular formula is C23H20N4O4S. The molecule has 8 nitrogen and oxygen atoms in total. The molecule has 0 radical (unpaired) electrons. The van der Waals surface area contributed by atoms with E-state index in [0.717, 1.165) is 22.0 Å². The number of benzene rings is 2. The number of pyridine rings is 1. The van der Waals surface area contributed by atoms with Crippen LogP contribution in [0.2, 0.25) is 0 Å². The van der Waals surface area contributed by atoms with Gasteiger partial charge in [0.05, 0.1) is 5.69 Å². The zero-order chi connectivity index (χ0) is 21.9. The van der Waals surface area contributed by atoms with Crippen molar-refractivity contribution in [2.24, 2.45) is 0 Å². The Morgan fingerprint density at radius 2 is 1.91 bits per heavy atom. The van der Waals surface area contributed by atoms with Crippen LogP contribution < -0.4 is 25.0 Å². The maximum absolute atomic E-state index is 12.8. The molecule has 3 heterocycles. The molecule has 32 heavy (non-hydrogen) atoms. The van der Waals surface area contributed by atoms with Crippen molar-refractivity contribution in [3.63, 3.8) is 0 Å². The van der Waals surface area contributed by atoms with E-state index in [-0.39, 0.29) is 18.7 Å². The summed E-state index contributed by atoms with van der Waals surface area (Å²) in [5.74, 6) is 1.98. The van der Waals surface area contributed by atoms with E-state index < -0.39 is 0 Å². The molecule has 0 saturated carbocycles. The molecule has 1 aromatic heterocycles. The fraction of sp³-hybridized carbons (Fsp3) is 0.174. The maximum Gasteiger partial charge on any atom is 0.326 e. The molecule has 0 bridgehead atoms. The van der Waals surface area contributed by atoms with Gasteiger partial charge in [-0.25, -0.2) is 9.78 Å². The minimum Gasteiger partial charge on any atom is -0.454 e. The SMILES string of the molecule is O=C(NCc1ccc2c(c1)OCO2)c1ccc(NC(=O)N2CCSc3ncccc32)cc1. The van der Waals surface area contributed by atoms with Gasteiger partial charge in [-0.3, -0.25) is 9.69 Å². The number of ether oxygens (including phenoxy) is 2. The van der Waals surface area contributed by atoms with Gasteiger partial charge < -0.3 is 20.1 Å². The van der Waals surface area contributed by atoms with Crippen LogP contribution in [-0.2, 0) is 6.54 Å². The summed E-state index contributed by atoms with van der Waals surface area (Å²) in [6, 6.07) is 15.9. The van der Waals surface area contributed by atoms with Crippen LogP contribution in [0.25, 0.3) is 0 Å². The molecule has 0 aliphatic carbocycles. The Kier molecular flexibility index (Phi) is 5.55. The highest BCUT2D eigenvalue weighted by atomic mass is 32.2. The van der Waals surface area contributed by atoms with Gasteiger partial charge in [-0.2, -0.15) is 0 Å². The third kappa shape index (κ3) is 4.19. The van der Waals surface area contributed by atoms with E-state index in [1.54, 1.807) is 47.1 Å². The Morgan fingerprint density at radius 3 is 2.78 bits per heavy atom. The third-order valence-corrected chi connectivity index (χ3v) is 6.10. The Bertz CT molecular complexity index is 1170. The van der Waals surface area contributed by atoms with Crippen molar-refractivity contribution in [2.75, 3.05) is 29.3 Å². The first-order valence-electron chi connectivity index (χ1n) is 10.1. The largest absolute Gasteiger partial charge is 0.454 e. The number of carbonyl (C=O) groups excluding carboxylic acids is 2. The lowest BCUT2D eigenvalue weighted by molar-refractivity contribution is 0.0951. The van der Waals surface area contributed by atoms with Gasteiger partial charge in [-0.15, -0.1) is 11.8 Å². The Hall–Kier alpha value is -3.72. The van der Waals surface area contributed by atoms with Gasteiger partial charge in [0.1, 0.15) is 5.03 Å². The number of nitrogens with one attached hydrogen (secondary N) is 2. The van der Waals surface area contributed by atoms with Gasteiger partial charge in [-0.1, -0.05) is 6.07 Å². The van der Waals surface area contributed by atoms with Crippen molar-refractivity contribution >= 4 is 35.1 Å². The topological polar surface area (TPSA) is 92.8 Å². The van der Waals surface area contributed by atoms with E-state index in [9.17, 15) is 9.59 Å². The van der Waals surface area contributed by atoms with E-state index in [0.29, 0.717) is 35.8 Å². The van der Waals surface area contributed by atoms with Gasteiger partial charge in [0, 0.05) is 36.3 Å². The number of aromatic nitrogens is 1. The third-order valence-electron chi connectivity index (χ3n) is 5.13. The van der Waals surface area contributed by atoms with Crippen LogP contribution in [-0.4, -0.2) is 36.0 Å². The number of anilines is 2. The number of hydrogen-bond donors (Lipinski definition) is 2. The van der Waals surface area contributed by atoms with E-state index >= 15 is 0 Å². The molecule has 2 aliphatic rings. The highest BCUT2D eigenvalue weighted by Gasteiger charge is 2.23. The van der Waals surface area contributed by atoms with Crippen LogP contribution in [0.5, 0.6) is 11.5 Å². The van der Waals surface area contributed by atoms with Crippen molar-refractivity contribution < 1.29 is 19.1 Å². The van der Waals surface area contributed by atoms with E-state index in [1.165, 1.54) is 0 Å². The van der Waals surface area contributed by atoms with Crippen LogP contribution in [0.1, 0.15) is 15.9 Å². The molecule has 0 unspecified atom stereocenters. The summed E-state index contributed by atoms with van der Waals surface area (Å²) >= 11 is 1.64. The first-order chi connectivity index (χ1) is 15.7. The number of carbonyl (C=O) groups is 2. The number of amides is 3. The summed E-state index contributed by atoms with van der Waals surface area (Å²) in [6.45, 7) is 1.19. The quantitative estimate of drug-likeness (QED) is 0.629. The van der Waals surface area contributed by atoms with Gasteiger partial charge in [0.15, 0.2) is 11.5 Å². The molecule has 162 valence electrons. The van der Waals surface area contributed by atoms with Gasteiger partial charge in [-0.05, 0) is 54.1 Å². The summed E-state index contributed by atoms with van der Waals surface area (Å²) in [7, 11) is 0. The van der Waals surface area contributed by atoms with Crippen LogP contribution in [0.4, 0.5) is 16.2 Å². The van der Waals surface area contributed by atoms with Crippen molar-refractivity contribution in [1.82, 2.24) is 10.3 Å². The number of rotatable bonds is 4. The van der Waals surface area contributed by atoms with Crippen molar-refractivity contribution in [2.45, 2.75) is 11.6 Å². The zero-order valence-corrected chi connectivity index (χ0v) is 17.9. The molecular weight excluding hydrogens is 428 g/mol. The fourth-order valence-electron chi connectivity index (χ4n) is 3.50. The average molecular weight is 449 g/mol. The minimum atomic E-state index is -0.223. The normalized spacial score (nSPS) is 13.9. The first kappa shape index (κ1) is 20.2. The number of nitrogens with zero attached hydrogens (tertiary/aromatic N) is 2. The van der Waals surface area contributed by atoms with E-state index in [2.05, 4.69) is 15.6 Å². The van der Waals surface area contributed by atoms with Gasteiger partial charge >= 0.3 is 6.03 Å². The first-order valence-corrected chi connectivity index (χ1v) is 11.1. The summed E-state index contributed by atoms with van der Waals surface area (Å²) < 4.78 is 10.7. The number of urea groups is 1. The zero-order valence-electron chi connectivity index (χ0n) is 17.0. The molecule has 3 aromatic rings. The van der Waals surface area contributed by atoms with Crippen LogP contribution >= 0.6 is 11.8 Å². The van der Waals surface area contributed by atoms with Crippen LogP contribution in [0, 0.1) is 0 Å². The summed E-state index contributed by atoms with van der Waals surface area (Å²) in [4.78, 5) is 31.3. The van der Waals surface area contributed by atoms with E-state index in [1.807, 2.05) is 30.3 Å². The second kappa shape index (κ2) is 8.80. The van der Waals surface area contributed by atoms with E-state index in [4.69, 9.17) is 9.47 Å². The molecule has 2 N–H and O–H groups in total. The molecule has 3 amide bonds. The summed E-state index contributed by atoms with van der Waals surface area (Å²) in [6.07, 6.45) is 1.73. The average Bonchev–Trinajstić information content (AvgIpc) is 3.30. The second-order valence-electron chi connectivity index (χ2n) is 7.21. The van der Waals surface area contributed by atoms with Crippen molar-refractivity contribution in [3.05, 3.63) is 71.9 Å². The van der Waals surface area contributed by atoms with Gasteiger partial charge in [0.2, 0.25) is 6.79 Å². The number of thioether (sulfide) groups is 1. The Balaban J connectivity index is 1.19. The lowest BCUT2D eigenvalue weighted by Crippen LogP contribution is -2.38. The second-order valence-corrected chi connectivity index (χ2v) is 8.29. The predicted octanol–water partition coefficient (Wildman–Crippen LogP) is 3.88. The molecule has 0 fully saturated rings. The molecule has 2 aliphatic heterocycles. The summed E-state index contributed by atoms with van der Waals surface area (Å²) in [5, 5.41) is 6.63. The smallest absolute Gasteiger partial charge is 0.326 e. The molecule has 0 atom stereocenters. The Labute approximate surface area is 188 Å². The number of fused-ring (bicyclic) bond motifs is 2. The maximum atomic E-state index is 12.8. The van der Waals surface area contributed by atoms with Crippen LogP contribution in [0.3, 0.4) is 0 Å². The molecule has 2 aromatic carbocycles.